The molecule has 0 amide bonds. The van der Waals surface area contributed by atoms with E-state index in [1.54, 1.807) is 14.2 Å². The van der Waals surface area contributed by atoms with Crippen LogP contribution in [0.15, 0.2) is 6.07 Å². The minimum absolute atomic E-state index is 0.156. The van der Waals surface area contributed by atoms with Gasteiger partial charge in [0.25, 0.3) is 0 Å². The molecule has 0 saturated carbocycles. The quantitative estimate of drug-likeness (QED) is 0.873. The lowest BCUT2D eigenvalue weighted by atomic mass is 9.90. The van der Waals surface area contributed by atoms with Crippen LogP contribution in [0.25, 0.3) is 0 Å². The number of benzene rings is 1. The minimum Gasteiger partial charge on any atom is -0.496 e. The van der Waals surface area contributed by atoms with E-state index in [0.717, 1.165) is 28.2 Å². The van der Waals surface area contributed by atoms with Gasteiger partial charge in [0.05, 0.1) is 14.2 Å². The van der Waals surface area contributed by atoms with Crippen LogP contribution in [0.2, 0.25) is 0 Å². The highest BCUT2D eigenvalue weighted by atomic mass is 16.5. The van der Waals surface area contributed by atoms with E-state index in [4.69, 9.17) is 9.47 Å². The van der Waals surface area contributed by atoms with Crippen molar-refractivity contribution in [1.29, 1.82) is 0 Å². The van der Waals surface area contributed by atoms with Gasteiger partial charge in [-0.2, -0.15) is 0 Å². The van der Waals surface area contributed by atoms with Crippen molar-refractivity contribution < 1.29 is 9.47 Å². The molecule has 0 bridgehead atoms. The summed E-state index contributed by atoms with van der Waals surface area (Å²) in [5, 5.41) is 3.29. The fraction of sp³-hybridized carbons (Fsp3) is 0.571. The number of ether oxygens (including phenoxy) is 2. The van der Waals surface area contributed by atoms with Crippen LogP contribution in [-0.4, -0.2) is 21.3 Å². The summed E-state index contributed by atoms with van der Waals surface area (Å²) in [5.41, 5.74) is 3.21. The second-order valence-electron chi connectivity index (χ2n) is 4.78. The Morgan fingerprint density at radius 1 is 1.06 bits per heavy atom. The molecule has 1 aromatic rings. The van der Waals surface area contributed by atoms with Crippen molar-refractivity contribution in [2.75, 3.05) is 21.3 Å². The summed E-state index contributed by atoms with van der Waals surface area (Å²) in [7, 11) is 5.36. The van der Waals surface area contributed by atoms with Gasteiger partial charge in [-0.15, -0.1) is 0 Å². The van der Waals surface area contributed by atoms with Gasteiger partial charge in [0.2, 0.25) is 0 Å². The highest BCUT2D eigenvalue weighted by Gasteiger charge is 2.25. The standard InChI is InChI=1S/C14H23NO2/c1-9-10(2)13(17-7)11(8-12(9)16-6)14(3,4)15-5/h8,15H,1-7H3. The van der Waals surface area contributed by atoms with E-state index >= 15 is 0 Å². The lowest BCUT2D eigenvalue weighted by Gasteiger charge is -2.29. The molecule has 96 valence electrons. The Bertz CT molecular complexity index is 411. The molecule has 1 aromatic carbocycles. The highest BCUT2D eigenvalue weighted by Crippen LogP contribution is 2.38. The predicted molar refractivity (Wildman–Crippen MR) is 71.1 cm³/mol. The molecule has 0 aromatic heterocycles. The van der Waals surface area contributed by atoms with Crippen LogP contribution in [0.3, 0.4) is 0 Å². The molecule has 0 fully saturated rings. The van der Waals surface area contributed by atoms with Crippen molar-refractivity contribution in [2.45, 2.75) is 33.2 Å². The number of methoxy groups -OCH3 is 2. The van der Waals surface area contributed by atoms with Crippen LogP contribution in [-0.2, 0) is 5.54 Å². The van der Waals surface area contributed by atoms with Crippen LogP contribution in [0.5, 0.6) is 11.5 Å². The minimum atomic E-state index is -0.156. The average Bonchev–Trinajstić information content (AvgIpc) is 2.32. The van der Waals surface area contributed by atoms with Gasteiger partial charge in [0.1, 0.15) is 11.5 Å². The van der Waals surface area contributed by atoms with Crippen LogP contribution in [0.4, 0.5) is 0 Å². The molecule has 3 heteroatoms. The number of hydrogen-bond donors (Lipinski definition) is 1. The molecule has 17 heavy (non-hydrogen) atoms. The molecular formula is C14H23NO2. The van der Waals surface area contributed by atoms with E-state index < -0.39 is 0 Å². The van der Waals surface area contributed by atoms with E-state index in [-0.39, 0.29) is 5.54 Å². The summed E-state index contributed by atoms with van der Waals surface area (Å²) in [6.07, 6.45) is 0. The number of hydrogen-bond acceptors (Lipinski definition) is 3. The lowest BCUT2D eigenvalue weighted by molar-refractivity contribution is 0.364. The number of nitrogens with one attached hydrogen (secondary N) is 1. The molecule has 0 aliphatic carbocycles. The molecule has 0 heterocycles. The maximum absolute atomic E-state index is 5.55. The Balaban J connectivity index is 3.53. The Morgan fingerprint density at radius 2 is 1.65 bits per heavy atom. The van der Waals surface area contributed by atoms with Crippen molar-refractivity contribution in [3.8, 4) is 11.5 Å². The maximum Gasteiger partial charge on any atom is 0.127 e. The van der Waals surface area contributed by atoms with Crippen molar-refractivity contribution in [2.24, 2.45) is 0 Å². The third-order valence-electron chi connectivity index (χ3n) is 3.52. The number of rotatable bonds is 4. The second kappa shape index (κ2) is 4.96. The van der Waals surface area contributed by atoms with E-state index in [1.165, 1.54) is 0 Å². The molecule has 0 unspecified atom stereocenters. The summed E-state index contributed by atoms with van der Waals surface area (Å²) < 4.78 is 11.0. The zero-order chi connectivity index (χ0) is 13.2. The maximum atomic E-state index is 5.55. The molecule has 1 rings (SSSR count). The monoisotopic (exact) mass is 237 g/mol. The molecule has 1 N–H and O–H groups in total. The fourth-order valence-corrected chi connectivity index (χ4v) is 1.94. The molecule has 0 radical (unpaired) electrons. The van der Waals surface area contributed by atoms with Gasteiger partial charge in [0, 0.05) is 11.1 Å². The molecular weight excluding hydrogens is 214 g/mol. The highest BCUT2D eigenvalue weighted by molar-refractivity contribution is 5.54. The zero-order valence-corrected chi connectivity index (χ0v) is 11.9. The fourth-order valence-electron chi connectivity index (χ4n) is 1.94. The predicted octanol–water partition coefficient (Wildman–Crippen LogP) is 2.78. The summed E-state index contributed by atoms with van der Waals surface area (Å²) in [6.45, 7) is 8.36. The first-order valence-corrected chi connectivity index (χ1v) is 5.80. The Morgan fingerprint density at radius 3 is 2.06 bits per heavy atom. The SMILES string of the molecule is CNC(C)(C)c1cc(OC)c(C)c(C)c1OC. The normalized spacial score (nSPS) is 11.5. The van der Waals surface area contributed by atoms with Crippen LogP contribution < -0.4 is 14.8 Å². The van der Waals surface area contributed by atoms with Gasteiger partial charge < -0.3 is 14.8 Å². The van der Waals surface area contributed by atoms with Crippen LogP contribution in [0, 0.1) is 13.8 Å². The first-order valence-electron chi connectivity index (χ1n) is 5.80. The summed E-state index contributed by atoms with van der Waals surface area (Å²) in [6, 6.07) is 2.05. The average molecular weight is 237 g/mol. The molecule has 0 spiro atoms. The largest absolute Gasteiger partial charge is 0.496 e. The first kappa shape index (κ1) is 13.8. The van der Waals surface area contributed by atoms with Gasteiger partial charge in [-0.05, 0) is 51.9 Å². The van der Waals surface area contributed by atoms with Crippen molar-refractivity contribution in [3.63, 3.8) is 0 Å². The Kier molecular flexibility index (Phi) is 4.04. The van der Waals surface area contributed by atoms with Crippen molar-refractivity contribution in [3.05, 3.63) is 22.8 Å². The smallest absolute Gasteiger partial charge is 0.127 e. The van der Waals surface area contributed by atoms with Gasteiger partial charge >= 0.3 is 0 Å². The topological polar surface area (TPSA) is 30.5 Å². The van der Waals surface area contributed by atoms with Gasteiger partial charge in [-0.1, -0.05) is 0 Å². The summed E-state index contributed by atoms with van der Waals surface area (Å²) in [4.78, 5) is 0. The molecule has 0 aliphatic heterocycles. The third-order valence-corrected chi connectivity index (χ3v) is 3.52. The van der Waals surface area contributed by atoms with E-state index in [0.29, 0.717) is 0 Å². The second-order valence-corrected chi connectivity index (χ2v) is 4.78. The molecule has 0 aliphatic rings. The van der Waals surface area contributed by atoms with E-state index in [2.05, 4.69) is 32.2 Å². The molecule has 0 saturated heterocycles. The summed E-state index contributed by atoms with van der Waals surface area (Å²) in [5.74, 6) is 1.84. The van der Waals surface area contributed by atoms with Crippen molar-refractivity contribution in [1.82, 2.24) is 5.32 Å². The Labute approximate surface area is 104 Å². The van der Waals surface area contributed by atoms with E-state index in [9.17, 15) is 0 Å². The first-order chi connectivity index (χ1) is 7.88. The van der Waals surface area contributed by atoms with Crippen molar-refractivity contribution >= 4 is 0 Å². The van der Waals surface area contributed by atoms with Gasteiger partial charge in [-0.3, -0.25) is 0 Å². The van der Waals surface area contributed by atoms with E-state index in [1.807, 2.05) is 14.0 Å². The third kappa shape index (κ3) is 2.39. The molecule has 0 atom stereocenters. The summed E-state index contributed by atoms with van der Waals surface area (Å²) >= 11 is 0. The van der Waals surface area contributed by atoms with Crippen LogP contribution in [0.1, 0.15) is 30.5 Å². The zero-order valence-electron chi connectivity index (χ0n) is 11.9. The Hall–Kier alpha value is -1.22. The van der Waals surface area contributed by atoms with Gasteiger partial charge in [-0.25, -0.2) is 0 Å². The van der Waals surface area contributed by atoms with Crippen LogP contribution >= 0.6 is 0 Å². The lowest BCUT2D eigenvalue weighted by Crippen LogP contribution is -2.33. The molecule has 3 nitrogen and oxygen atoms in total. The van der Waals surface area contributed by atoms with Gasteiger partial charge in [0.15, 0.2) is 0 Å².